The normalized spacial score (nSPS) is 14.5. The molecular weight excluding hydrogens is 521 g/mol. The highest BCUT2D eigenvalue weighted by Crippen LogP contribution is 2.13. The van der Waals surface area contributed by atoms with Crippen molar-refractivity contribution in [1.82, 2.24) is 20.1 Å². The van der Waals surface area contributed by atoms with E-state index in [-0.39, 0.29) is 29.9 Å². The predicted octanol–water partition coefficient (Wildman–Crippen LogP) is 3.23. The number of amides is 1. The molecule has 3 rings (SSSR count). The Balaban J connectivity index is 0.00000300. The average molecular weight is 548 g/mol. The van der Waals surface area contributed by atoms with Gasteiger partial charge in [-0.3, -0.25) is 9.79 Å². The molecule has 1 amide bonds. The number of guanidine groups is 1. The zero-order valence-electron chi connectivity index (χ0n) is 16.7. The Hall–Kier alpha value is -1.39. The number of aryl methyl sites for hydroxylation is 1. The fourth-order valence-corrected chi connectivity index (χ4v) is 4.23. The SMILES string of the molecule is CN=C(NCCc1ncc(C)s1)N1CCN(C(=O)Cc2cccc(Cl)c2)CC1.I. The average Bonchev–Trinajstić information content (AvgIpc) is 3.10. The second-order valence-corrected chi connectivity index (χ2v) is 8.52. The van der Waals surface area contributed by atoms with Gasteiger partial charge in [0.2, 0.25) is 5.91 Å². The van der Waals surface area contributed by atoms with Gasteiger partial charge < -0.3 is 15.1 Å². The largest absolute Gasteiger partial charge is 0.356 e. The number of hydrogen-bond donors (Lipinski definition) is 1. The summed E-state index contributed by atoms with van der Waals surface area (Å²) in [7, 11) is 1.80. The molecule has 1 aromatic carbocycles. The minimum absolute atomic E-state index is 0. The number of thiazole rings is 1. The molecule has 0 aliphatic carbocycles. The van der Waals surface area contributed by atoms with Crippen LogP contribution in [0, 0.1) is 6.92 Å². The topological polar surface area (TPSA) is 60.8 Å². The molecule has 0 bridgehead atoms. The van der Waals surface area contributed by atoms with Gasteiger partial charge in [-0.15, -0.1) is 35.3 Å². The number of benzene rings is 1. The molecule has 1 N–H and O–H groups in total. The van der Waals surface area contributed by atoms with Crippen LogP contribution in [0.3, 0.4) is 0 Å². The lowest BCUT2D eigenvalue weighted by atomic mass is 10.1. The van der Waals surface area contributed by atoms with E-state index >= 15 is 0 Å². The summed E-state index contributed by atoms with van der Waals surface area (Å²) in [5, 5.41) is 5.21. The third kappa shape index (κ3) is 7.11. The number of rotatable bonds is 5. The Kier molecular flexibility index (Phi) is 9.64. The van der Waals surface area contributed by atoms with E-state index in [0.717, 1.165) is 42.6 Å². The fraction of sp³-hybridized carbons (Fsp3) is 0.450. The maximum absolute atomic E-state index is 12.6. The van der Waals surface area contributed by atoms with Gasteiger partial charge in [0.25, 0.3) is 0 Å². The molecule has 2 heterocycles. The first kappa shape index (κ1) is 23.9. The minimum atomic E-state index is 0. The number of hydrogen-bond acceptors (Lipinski definition) is 4. The molecule has 0 radical (unpaired) electrons. The number of nitrogens with zero attached hydrogens (tertiary/aromatic N) is 4. The third-order valence-corrected chi connectivity index (χ3v) is 5.89. The van der Waals surface area contributed by atoms with Gasteiger partial charge in [0.05, 0.1) is 11.4 Å². The van der Waals surface area contributed by atoms with Gasteiger partial charge in [-0.25, -0.2) is 4.98 Å². The van der Waals surface area contributed by atoms with Crippen LogP contribution >= 0.6 is 46.9 Å². The molecule has 0 saturated carbocycles. The lowest BCUT2D eigenvalue weighted by molar-refractivity contribution is -0.131. The summed E-state index contributed by atoms with van der Waals surface area (Å²) in [6.07, 6.45) is 3.19. The summed E-state index contributed by atoms with van der Waals surface area (Å²) >= 11 is 7.74. The van der Waals surface area contributed by atoms with Crippen LogP contribution < -0.4 is 5.32 Å². The van der Waals surface area contributed by atoms with E-state index in [4.69, 9.17) is 11.6 Å². The van der Waals surface area contributed by atoms with Crippen molar-refractivity contribution in [3.05, 3.63) is 50.9 Å². The molecule has 6 nitrogen and oxygen atoms in total. The second kappa shape index (κ2) is 11.7. The van der Waals surface area contributed by atoms with Gasteiger partial charge in [-0.1, -0.05) is 23.7 Å². The number of carbonyl (C=O) groups is 1. The van der Waals surface area contributed by atoms with E-state index in [2.05, 4.69) is 27.1 Å². The van der Waals surface area contributed by atoms with Gasteiger partial charge >= 0.3 is 0 Å². The molecule has 1 aromatic heterocycles. The van der Waals surface area contributed by atoms with E-state index in [0.29, 0.717) is 24.5 Å². The van der Waals surface area contributed by atoms with E-state index in [1.54, 1.807) is 18.4 Å². The Bertz CT molecular complexity index is 836. The van der Waals surface area contributed by atoms with Crippen molar-refractivity contribution in [2.75, 3.05) is 39.8 Å². The first-order valence-electron chi connectivity index (χ1n) is 9.44. The Labute approximate surface area is 198 Å². The van der Waals surface area contributed by atoms with Crippen LogP contribution in [0.4, 0.5) is 0 Å². The first-order valence-corrected chi connectivity index (χ1v) is 10.6. The predicted molar refractivity (Wildman–Crippen MR) is 131 cm³/mol. The number of aromatic nitrogens is 1. The molecule has 9 heteroatoms. The lowest BCUT2D eigenvalue weighted by Gasteiger charge is -2.36. The van der Waals surface area contributed by atoms with E-state index in [9.17, 15) is 4.79 Å². The van der Waals surface area contributed by atoms with Crippen molar-refractivity contribution >= 4 is 58.8 Å². The van der Waals surface area contributed by atoms with Crippen molar-refractivity contribution < 1.29 is 4.79 Å². The van der Waals surface area contributed by atoms with Gasteiger partial charge in [0, 0.05) is 62.3 Å². The zero-order valence-corrected chi connectivity index (χ0v) is 20.6. The molecule has 0 unspecified atom stereocenters. The summed E-state index contributed by atoms with van der Waals surface area (Å²) in [5.41, 5.74) is 0.954. The molecular formula is C20H27ClIN5OS. The number of piperazine rings is 1. The van der Waals surface area contributed by atoms with Crippen molar-refractivity contribution in [2.45, 2.75) is 19.8 Å². The molecule has 0 atom stereocenters. The minimum Gasteiger partial charge on any atom is -0.356 e. The maximum Gasteiger partial charge on any atom is 0.227 e. The Morgan fingerprint density at radius 2 is 2.00 bits per heavy atom. The summed E-state index contributed by atoms with van der Waals surface area (Å²) < 4.78 is 0. The lowest BCUT2D eigenvalue weighted by Crippen LogP contribution is -2.54. The molecule has 1 fully saturated rings. The van der Waals surface area contributed by atoms with Gasteiger partial charge in [-0.05, 0) is 24.6 Å². The number of halogens is 2. The highest BCUT2D eigenvalue weighted by atomic mass is 127. The smallest absolute Gasteiger partial charge is 0.227 e. The fourth-order valence-electron chi connectivity index (χ4n) is 3.23. The molecule has 2 aromatic rings. The van der Waals surface area contributed by atoms with Crippen molar-refractivity contribution in [3.63, 3.8) is 0 Å². The van der Waals surface area contributed by atoms with Crippen molar-refractivity contribution in [2.24, 2.45) is 4.99 Å². The van der Waals surface area contributed by atoms with Crippen LogP contribution in [0.5, 0.6) is 0 Å². The molecule has 29 heavy (non-hydrogen) atoms. The number of aliphatic imine (C=N–C) groups is 1. The molecule has 1 aliphatic heterocycles. The van der Waals surface area contributed by atoms with Crippen LogP contribution in [0.2, 0.25) is 5.02 Å². The van der Waals surface area contributed by atoms with Crippen molar-refractivity contribution in [1.29, 1.82) is 0 Å². The molecule has 0 spiro atoms. The number of carbonyl (C=O) groups excluding carboxylic acids is 1. The van der Waals surface area contributed by atoms with Gasteiger partial charge in [-0.2, -0.15) is 0 Å². The van der Waals surface area contributed by atoms with Crippen LogP contribution in [0.1, 0.15) is 15.4 Å². The van der Waals surface area contributed by atoms with E-state index in [1.165, 1.54) is 4.88 Å². The second-order valence-electron chi connectivity index (χ2n) is 6.76. The zero-order chi connectivity index (χ0) is 19.9. The molecule has 158 valence electrons. The highest BCUT2D eigenvalue weighted by molar-refractivity contribution is 14.0. The number of nitrogens with one attached hydrogen (secondary N) is 1. The monoisotopic (exact) mass is 547 g/mol. The van der Waals surface area contributed by atoms with E-state index < -0.39 is 0 Å². The standard InChI is InChI=1S/C20H26ClN5OS.HI/c1-15-14-24-18(28-15)6-7-23-20(22-2)26-10-8-25(9-11-26)19(27)13-16-4-3-5-17(21)12-16;/h3-5,12,14H,6-11,13H2,1-2H3,(H,22,23);1H. The highest BCUT2D eigenvalue weighted by Gasteiger charge is 2.23. The quantitative estimate of drug-likeness (QED) is 0.355. The summed E-state index contributed by atoms with van der Waals surface area (Å²) in [5.74, 6) is 1.03. The maximum atomic E-state index is 12.6. The summed E-state index contributed by atoms with van der Waals surface area (Å²) in [6, 6.07) is 7.50. The van der Waals surface area contributed by atoms with Gasteiger partial charge in [0.15, 0.2) is 5.96 Å². The summed E-state index contributed by atoms with van der Waals surface area (Å²) in [4.78, 5) is 26.7. The van der Waals surface area contributed by atoms with Crippen molar-refractivity contribution in [3.8, 4) is 0 Å². The van der Waals surface area contributed by atoms with Crippen LogP contribution in [0.15, 0.2) is 35.5 Å². The first-order chi connectivity index (χ1) is 13.5. The van der Waals surface area contributed by atoms with Crippen LogP contribution in [-0.2, 0) is 17.6 Å². The Morgan fingerprint density at radius 3 is 2.62 bits per heavy atom. The van der Waals surface area contributed by atoms with Crippen LogP contribution in [0.25, 0.3) is 0 Å². The van der Waals surface area contributed by atoms with Gasteiger partial charge in [0.1, 0.15) is 0 Å². The molecule has 1 saturated heterocycles. The molecule has 1 aliphatic rings. The Morgan fingerprint density at radius 1 is 1.28 bits per heavy atom. The van der Waals surface area contributed by atoms with E-state index in [1.807, 2.05) is 35.4 Å². The third-order valence-electron chi connectivity index (χ3n) is 4.68. The summed E-state index contributed by atoms with van der Waals surface area (Å²) in [6.45, 7) is 5.82. The van der Waals surface area contributed by atoms with Crippen LogP contribution in [-0.4, -0.2) is 66.4 Å².